The average Bonchev–Trinajstić information content (AvgIpc) is 3.21. The number of aryl methyl sites for hydroxylation is 1. The van der Waals surface area contributed by atoms with Gasteiger partial charge in [-0.25, -0.2) is 13.2 Å². The lowest BCUT2D eigenvalue weighted by Crippen LogP contribution is -2.33. The summed E-state index contributed by atoms with van der Waals surface area (Å²) < 4.78 is 32.5. The highest BCUT2D eigenvalue weighted by atomic mass is 35.5. The Labute approximate surface area is 188 Å². The molecule has 1 saturated heterocycles. The van der Waals surface area contributed by atoms with E-state index in [0.717, 1.165) is 12.0 Å². The number of benzene rings is 1. The number of halogens is 1. The zero-order valence-corrected chi connectivity index (χ0v) is 19.2. The van der Waals surface area contributed by atoms with Crippen LogP contribution in [0.5, 0.6) is 5.75 Å². The van der Waals surface area contributed by atoms with Crippen molar-refractivity contribution in [1.82, 2.24) is 9.29 Å². The summed E-state index contributed by atoms with van der Waals surface area (Å²) in [5, 5.41) is 10.2. The third-order valence-corrected chi connectivity index (χ3v) is 7.83. The summed E-state index contributed by atoms with van der Waals surface area (Å²) in [6.45, 7) is 4.41. The summed E-state index contributed by atoms with van der Waals surface area (Å²) in [4.78, 5) is 16.3. The van der Waals surface area contributed by atoms with Crippen LogP contribution in [-0.4, -0.2) is 47.7 Å². The topological polar surface area (TPSA) is 96.8 Å². The highest BCUT2D eigenvalue weighted by Gasteiger charge is 2.35. The molecule has 0 saturated carbocycles. The molecule has 0 aliphatic carbocycles. The van der Waals surface area contributed by atoms with Crippen LogP contribution in [0.15, 0.2) is 30.3 Å². The number of rotatable bonds is 9. The summed E-state index contributed by atoms with van der Waals surface area (Å²) in [6, 6.07) is 8.10. The van der Waals surface area contributed by atoms with Gasteiger partial charge in [0, 0.05) is 18.0 Å². The van der Waals surface area contributed by atoms with E-state index >= 15 is 0 Å². The normalized spacial score (nSPS) is 17.1. The van der Waals surface area contributed by atoms with Gasteiger partial charge in [-0.3, -0.25) is 4.98 Å². The molecule has 2 heterocycles. The minimum atomic E-state index is -3.37. The van der Waals surface area contributed by atoms with E-state index in [1.54, 1.807) is 18.2 Å². The van der Waals surface area contributed by atoms with E-state index in [-0.39, 0.29) is 30.4 Å². The van der Waals surface area contributed by atoms with Crippen molar-refractivity contribution in [3.8, 4) is 5.75 Å². The van der Waals surface area contributed by atoms with Crippen molar-refractivity contribution in [3.63, 3.8) is 0 Å². The number of carboxylic acid groups (broad SMARTS) is 1. The zero-order chi connectivity index (χ0) is 22.6. The number of aromatic nitrogens is 1. The molecule has 9 heteroatoms. The first kappa shape index (κ1) is 23.5. The molecule has 1 aliphatic rings. The molecule has 1 aromatic heterocycles. The van der Waals surface area contributed by atoms with Gasteiger partial charge in [-0.2, -0.15) is 4.31 Å². The van der Waals surface area contributed by atoms with Gasteiger partial charge in [0.1, 0.15) is 5.75 Å². The van der Waals surface area contributed by atoms with Crippen LogP contribution < -0.4 is 4.74 Å². The van der Waals surface area contributed by atoms with Crippen LogP contribution in [-0.2, 0) is 16.4 Å². The molecular formula is C22H27ClN2O5S. The summed E-state index contributed by atoms with van der Waals surface area (Å²) >= 11 is 6.03. The van der Waals surface area contributed by atoms with Crippen molar-refractivity contribution < 1.29 is 23.1 Å². The van der Waals surface area contributed by atoms with Crippen molar-refractivity contribution in [1.29, 1.82) is 0 Å². The van der Waals surface area contributed by atoms with Crippen LogP contribution >= 0.6 is 11.6 Å². The monoisotopic (exact) mass is 466 g/mol. The molecule has 7 nitrogen and oxygen atoms in total. The van der Waals surface area contributed by atoms with Crippen molar-refractivity contribution in [2.75, 3.05) is 18.9 Å². The smallest absolute Gasteiger partial charge is 0.337 e. The summed E-state index contributed by atoms with van der Waals surface area (Å²) in [5.41, 5.74) is 1.95. The molecule has 31 heavy (non-hydrogen) atoms. The Morgan fingerprint density at radius 1 is 1.32 bits per heavy atom. The lowest BCUT2D eigenvalue weighted by Gasteiger charge is -2.24. The van der Waals surface area contributed by atoms with Crippen molar-refractivity contribution >= 4 is 27.6 Å². The van der Waals surface area contributed by atoms with E-state index in [1.807, 2.05) is 19.9 Å². The van der Waals surface area contributed by atoms with Gasteiger partial charge in [-0.05, 0) is 62.1 Å². The molecule has 0 unspecified atom stereocenters. The van der Waals surface area contributed by atoms with Crippen molar-refractivity contribution in [3.05, 3.63) is 57.9 Å². The van der Waals surface area contributed by atoms with E-state index in [9.17, 15) is 18.3 Å². The minimum Gasteiger partial charge on any atom is -0.493 e. The lowest BCUT2D eigenvalue weighted by molar-refractivity contribution is 0.0694. The van der Waals surface area contributed by atoms with Gasteiger partial charge < -0.3 is 9.84 Å². The van der Waals surface area contributed by atoms with Crippen LogP contribution in [0.1, 0.15) is 59.5 Å². The molecule has 0 bridgehead atoms. The maximum atomic E-state index is 12.6. The zero-order valence-electron chi connectivity index (χ0n) is 17.7. The van der Waals surface area contributed by atoms with Crippen molar-refractivity contribution in [2.24, 2.45) is 0 Å². The molecule has 1 atom stereocenters. The first-order chi connectivity index (χ1) is 14.7. The SMILES string of the molecule is CCCS(=O)(=O)N1CCC[C@@H]1c1ccc(C(=O)O)c(CCOc2ccc(Cl)c(C)c2)n1. The third-order valence-electron chi connectivity index (χ3n) is 5.33. The Morgan fingerprint density at radius 3 is 2.77 bits per heavy atom. The molecule has 2 aromatic rings. The molecule has 1 aromatic carbocycles. The first-order valence-electron chi connectivity index (χ1n) is 10.3. The molecule has 1 N–H and O–H groups in total. The Morgan fingerprint density at radius 2 is 2.10 bits per heavy atom. The second-order valence-electron chi connectivity index (χ2n) is 7.63. The van der Waals surface area contributed by atoms with Gasteiger partial charge in [0.05, 0.1) is 35.4 Å². The van der Waals surface area contributed by atoms with E-state index < -0.39 is 16.0 Å². The second kappa shape index (κ2) is 9.97. The molecule has 168 valence electrons. The fourth-order valence-electron chi connectivity index (χ4n) is 3.81. The number of ether oxygens (including phenoxy) is 1. The molecule has 0 amide bonds. The molecule has 1 aliphatic heterocycles. The Kier molecular flexibility index (Phi) is 7.56. The highest BCUT2D eigenvalue weighted by Crippen LogP contribution is 2.34. The number of nitrogens with zero attached hydrogens (tertiary/aromatic N) is 2. The maximum Gasteiger partial charge on any atom is 0.337 e. The van der Waals surface area contributed by atoms with Crippen LogP contribution in [0.4, 0.5) is 0 Å². The van der Waals surface area contributed by atoms with E-state index in [2.05, 4.69) is 4.98 Å². The van der Waals surface area contributed by atoms with E-state index in [0.29, 0.717) is 41.5 Å². The molecule has 0 spiro atoms. The Balaban J connectivity index is 1.80. The van der Waals surface area contributed by atoms with Gasteiger partial charge in [0.2, 0.25) is 10.0 Å². The van der Waals surface area contributed by atoms with Crippen LogP contribution in [0, 0.1) is 6.92 Å². The van der Waals surface area contributed by atoms with Gasteiger partial charge in [-0.15, -0.1) is 0 Å². The number of pyridine rings is 1. The molecule has 1 fully saturated rings. The van der Waals surface area contributed by atoms with E-state index in [4.69, 9.17) is 16.3 Å². The number of hydrogen-bond acceptors (Lipinski definition) is 5. The standard InChI is InChI=1S/C22H27ClN2O5S/c1-3-13-31(28,29)25-11-4-5-21(25)20-9-7-17(22(26)27)19(24-20)10-12-30-16-6-8-18(23)15(2)14-16/h6-9,14,21H,3-5,10-13H2,1-2H3,(H,26,27)/t21-/m1/s1. The van der Waals surface area contributed by atoms with Gasteiger partial charge in [0.25, 0.3) is 0 Å². The second-order valence-corrected chi connectivity index (χ2v) is 10.1. The maximum absolute atomic E-state index is 12.6. The third kappa shape index (κ3) is 5.56. The number of carbonyl (C=O) groups is 1. The van der Waals surface area contributed by atoms with Gasteiger partial charge in [-0.1, -0.05) is 18.5 Å². The first-order valence-corrected chi connectivity index (χ1v) is 12.3. The predicted octanol–water partition coefficient (Wildman–Crippen LogP) is 4.24. The van der Waals surface area contributed by atoms with Crippen LogP contribution in [0.3, 0.4) is 0 Å². The average molecular weight is 467 g/mol. The summed E-state index contributed by atoms with van der Waals surface area (Å²) in [7, 11) is -3.37. The van der Waals surface area contributed by atoms with Gasteiger partial charge >= 0.3 is 5.97 Å². The van der Waals surface area contributed by atoms with Crippen molar-refractivity contribution in [2.45, 2.75) is 45.6 Å². The van der Waals surface area contributed by atoms with Crippen LogP contribution in [0.25, 0.3) is 0 Å². The predicted molar refractivity (Wildman–Crippen MR) is 119 cm³/mol. The number of aromatic carboxylic acids is 1. The number of hydrogen-bond donors (Lipinski definition) is 1. The Hall–Kier alpha value is -2.16. The van der Waals surface area contributed by atoms with Gasteiger partial charge in [0.15, 0.2) is 0 Å². The Bertz CT molecular complexity index is 1060. The fraction of sp³-hybridized carbons (Fsp3) is 0.455. The highest BCUT2D eigenvalue weighted by molar-refractivity contribution is 7.89. The largest absolute Gasteiger partial charge is 0.493 e. The number of carboxylic acids is 1. The lowest BCUT2D eigenvalue weighted by atomic mass is 10.1. The summed E-state index contributed by atoms with van der Waals surface area (Å²) in [5.74, 6) is -0.335. The van der Waals surface area contributed by atoms with E-state index in [1.165, 1.54) is 10.4 Å². The molecule has 0 radical (unpaired) electrons. The number of sulfonamides is 1. The quantitative estimate of drug-likeness (QED) is 0.593. The molecular weight excluding hydrogens is 440 g/mol. The van der Waals surface area contributed by atoms with Crippen LogP contribution in [0.2, 0.25) is 5.02 Å². The molecule has 3 rings (SSSR count). The summed E-state index contributed by atoms with van der Waals surface area (Å²) in [6.07, 6.45) is 2.25. The minimum absolute atomic E-state index is 0.0952. The fourth-order valence-corrected chi connectivity index (χ4v) is 5.68.